The van der Waals surface area contributed by atoms with E-state index in [2.05, 4.69) is 17.0 Å². The Morgan fingerprint density at radius 3 is 1.86 bits per heavy atom. The summed E-state index contributed by atoms with van der Waals surface area (Å²) < 4.78 is 0. The Morgan fingerprint density at radius 1 is 0.759 bits per heavy atom. The summed E-state index contributed by atoms with van der Waals surface area (Å²) in [7, 11) is 0. The Hall–Kier alpha value is -3.20. The number of carbonyl (C=O) groups excluding carboxylic acids is 2. The number of aryl methyl sites for hydroxylation is 2. The molecule has 0 atom stereocenters. The highest BCUT2D eigenvalue weighted by Gasteiger charge is 2.33. The first-order valence-corrected chi connectivity index (χ1v) is 10.4. The van der Waals surface area contributed by atoms with Gasteiger partial charge in [-0.3, -0.25) is 9.59 Å². The van der Waals surface area contributed by atoms with E-state index in [0.29, 0.717) is 16.7 Å². The van der Waals surface area contributed by atoms with Crippen LogP contribution in [0.4, 0.5) is 5.69 Å². The number of Topliss-reactive ketones (excluding diaryl/α,β-unsaturated/α-hetero) is 2. The Kier molecular flexibility index (Phi) is 3.55. The van der Waals surface area contributed by atoms with Gasteiger partial charge in [-0.15, -0.1) is 0 Å². The first-order chi connectivity index (χ1) is 14.2. The molecule has 3 aliphatic rings. The van der Waals surface area contributed by atoms with E-state index in [1.54, 1.807) is 0 Å². The molecule has 0 spiro atoms. The lowest BCUT2D eigenvalue weighted by Crippen LogP contribution is -2.34. The highest BCUT2D eigenvalue weighted by Crippen LogP contribution is 2.37. The maximum atomic E-state index is 13.1. The second-order valence-electron chi connectivity index (χ2n) is 8.34. The van der Waals surface area contributed by atoms with E-state index in [-0.39, 0.29) is 11.6 Å². The molecule has 29 heavy (non-hydrogen) atoms. The predicted octanol–water partition coefficient (Wildman–Crippen LogP) is 5.00. The molecule has 0 N–H and O–H groups in total. The van der Waals surface area contributed by atoms with Crippen molar-refractivity contribution in [2.75, 3.05) is 18.0 Å². The average molecular weight is 379 g/mol. The molecular formula is C26H21NO2. The van der Waals surface area contributed by atoms with Crippen LogP contribution in [-0.4, -0.2) is 24.7 Å². The van der Waals surface area contributed by atoms with Gasteiger partial charge in [0.15, 0.2) is 11.6 Å². The van der Waals surface area contributed by atoms with Gasteiger partial charge in [0.1, 0.15) is 0 Å². The summed E-state index contributed by atoms with van der Waals surface area (Å²) >= 11 is 0. The number of allylic oxidation sites excluding steroid dienone is 1. The third-order valence-electron chi connectivity index (χ3n) is 6.53. The van der Waals surface area contributed by atoms with Crippen molar-refractivity contribution in [3.8, 4) is 0 Å². The van der Waals surface area contributed by atoms with Gasteiger partial charge in [-0.1, -0.05) is 24.3 Å². The number of carbonyl (C=O) groups is 2. The zero-order chi connectivity index (χ0) is 19.5. The van der Waals surface area contributed by atoms with Crippen molar-refractivity contribution < 1.29 is 9.59 Å². The molecule has 2 aliphatic heterocycles. The van der Waals surface area contributed by atoms with Gasteiger partial charge in [0.05, 0.1) is 5.57 Å². The van der Waals surface area contributed by atoms with Crippen molar-refractivity contribution >= 4 is 34.1 Å². The van der Waals surface area contributed by atoms with Gasteiger partial charge in [0.2, 0.25) is 0 Å². The number of fused-ring (bicyclic) bond motifs is 2. The van der Waals surface area contributed by atoms with Crippen LogP contribution < -0.4 is 4.90 Å². The summed E-state index contributed by atoms with van der Waals surface area (Å²) in [6.07, 6.45) is 6.30. The number of hydrogen-bond acceptors (Lipinski definition) is 3. The first-order valence-electron chi connectivity index (χ1n) is 10.4. The molecule has 3 heteroatoms. The summed E-state index contributed by atoms with van der Waals surface area (Å²) in [5.41, 5.74) is 6.48. The maximum absolute atomic E-state index is 13.1. The maximum Gasteiger partial charge on any atom is 0.197 e. The SMILES string of the molecule is O=C1C(=Cc2cc3c4c(c2)CCCN4CCC3)C(=O)c2cc3ccccc3cc21. The van der Waals surface area contributed by atoms with E-state index in [1.165, 1.54) is 29.7 Å². The summed E-state index contributed by atoms with van der Waals surface area (Å²) in [4.78, 5) is 28.6. The number of nitrogens with zero attached hydrogens (tertiary/aromatic N) is 1. The molecule has 6 rings (SSSR count). The Balaban J connectivity index is 1.46. The van der Waals surface area contributed by atoms with Crippen LogP contribution in [0.5, 0.6) is 0 Å². The lowest BCUT2D eigenvalue weighted by atomic mass is 9.89. The molecule has 0 fully saturated rings. The molecule has 2 heterocycles. The van der Waals surface area contributed by atoms with Gasteiger partial charge < -0.3 is 4.90 Å². The van der Waals surface area contributed by atoms with Gasteiger partial charge in [0, 0.05) is 29.9 Å². The van der Waals surface area contributed by atoms with E-state index < -0.39 is 0 Å². The fourth-order valence-electron chi connectivity index (χ4n) is 5.22. The zero-order valence-corrected chi connectivity index (χ0v) is 16.2. The molecule has 3 aromatic carbocycles. The largest absolute Gasteiger partial charge is 0.371 e. The van der Waals surface area contributed by atoms with Gasteiger partial charge in [0.25, 0.3) is 0 Å². The second kappa shape index (κ2) is 6.15. The third-order valence-corrected chi connectivity index (χ3v) is 6.53. The Bertz CT molecular complexity index is 1160. The molecule has 3 nitrogen and oxygen atoms in total. The van der Waals surface area contributed by atoms with Crippen molar-refractivity contribution in [3.63, 3.8) is 0 Å². The summed E-state index contributed by atoms with van der Waals surface area (Å²) in [5, 5.41) is 1.99. The number of hydrogen-bond donors (Lipinski definition) is 0. The minimum Gasteiger partial charge on any atom is -0.371 e. The van der Waals surface area contributed by atoms with Crippen LogP contribution in [0.15, 0.2) is 54.1 Å². The van der Waals surface area contributed by atoms with Crippen molar-refractivity contribution in [1.29, 1.82) is 0 Å². The molecule has 1 aliphatic carbocycles. The number of anilines is 1. The van der Waals surface area contributed by atoms with E-state index >= 15 is 0 Å². The first kappa shape index (κ1) is 16.7. The van der Waals surface area contributed by atoms with Gasteiger partial charge in [-0.25, -0.2) is 0 Å². The van der Waals surface area contributed by atoms with Crippen LogP contribution in [0, 0.1) is 0 Å². The van der Waals surface area contributed by atoms with Crippen LogP contribution in [0.3, 0.4) is 0 Å². The highest BCUT2D eigenvalue weighted by molar-refractivity contribution is 6.42. The van der Waals surface area contributed by atoms with E-state index in [1.807, 2.05) is 42.5 Å². The summed E-state index contributed by atoms with van der Waals surface area (Å²) in [5.74, 6) is -0.299. The molecule has 0 unspecified atom stereocenters. The zero-order valence-electron chi connectivity index (χ0n) is 16.2. The van der Waals surface area contributed by atoms with Crippen LogP contribution in [0.1, 0.15) is 50.2 Å². The molecule has 3 aromatic rings. The van der Waals surface area contributed by atoms with Crippen LogP contribution in [-0.2, 0) is 12.8 Å². The minimum absolute atomic E-state index is 0.149. The standard InChI is InChI=1S/C26H21NO2/c28-25-21-14-17-5-1-2-6-18(17)15-22(21)26(29)23(25)13-16-11-19-7-3-9-27-10-4-8-20(12-16)24(19)27/h1-2,5-6,11-15H,3-4,7-10H2. The van der Waals surface area contributed by atoms with Crippen LogP contribution in [0.25, 0.3) is 16.8 Å². The lowest BCUT2D eigenvalue weighted by molar-refractivity contribution is 0.0990. The van der Waals surface area contributed by atoms with Crippen molar-refractivity contribution in [2.24, 2.45) is 0 Å². The van der Waals surface area contributed by atoms with Crippen LogP contribution >= 0.6 is 0 Å². The molecule has 0 saturated carbocycles. The quantitative estimate of drug-likeness (QED) is 0.441. The topological polar surface area (TPSA) is 37.4 Å². The minimum atomic E-state index is -0.149. The normalized spacial score (nSPS) is 17.5. The molecule has 0 bridgehead atoms. The highest BCUT2D eigenvalue weighted by atomic mass is 16.2. The van der Waals surface area contributed by atoms with Gasteiger partial charge >= 0.3 is 0 Å². The third kappa shape index (κ3) is 2.50. The summed E-state index contributed by atoms with van der Waals surface area (Å²) in [6, 6.07) is 16.0. The Morgan fingerprint density at radius 2 is 1.31 bits per heavy atom. The van der Waals surface area contributed by atoms with Gasteiger partial charge in [-0.2, -0.15) is 0 Å². The van der Waals surface area contributed by atoms with Crippen molar-refractivity contribution in [1.82, 2.24) is 0 Å². The molecule has 142 valence electrons. The average Bonchev–Trinajstić information content (AvgIpc) is 2.97. The number of benzene rings is 3. The van der Waals surface area contributed by atoms with E-state index in [0.717, 1.165) is 42.3 Å². The molecular weight excluding hydrogens is 358 g/mol. The monoisotopic (exact) mass is 379 g/mol. The number of ketones is 2. The van der Waals surface area contributed by atoms with Crippen LogP contribution in [0.2, 0.25) is 0 Å². The molecule has 0 amide bonds. The van der Waals surface area contributed by atoms with Crippen molar-refractivity contribution in [2.45, 2.75) is 25.7 Å². The van der Waals surface area contributed by atoms with Gasteiger partial charge in [-0.05, 0) is 83.5 Å². The second-order valence-corrected chi connectivity index (χ2v) is 8.34. The predicted molar refractivity (Wildman–Crippen MR) is 116 cm³/mol. The smallest absolute Gasteiger partial charge is 0.197 e. The molecule has 0 aromatic heterocycles. The lowest BCUT2D eigenvalue weighted by Gasteiger charge is -2.37. The molecule has 0 saturated heterocycles. The fourth-order valence-corrected chi connectivity index (χ4v) is 5.22. The Labute approximate surface area is 169 Å². The van der Waals surface area contributed by atoms with E-state index in [9.17, 15) is 9.59 Å². The van der Waals surface area contributed by atoms with Crippen molar-refractivity contribution in [3.05, 3.63) is 81.9 Å². The summed E-state index contributed by atoms with van der Waals surface area (Å²) in [6.45, 7) is 2.28. The molecule has 0 radical (unpaired) electrons. The fraction of sp³-hybridized carbons (Fsp3) is 0.231. The number of rotatable bonds is 1. The van der Waals surface area contributed by atoms with E-state index in [4.69, 9.17) is 0 Å².